The van der Waals surface area contributed by atoms with E-state index in [1.807, 2.05) is 11.9 Å². The first-order valence-electron chi connectivity index (χ1n) is 6.96. The molecule has 0 radical (unpaired) electrons. The van der Waals surface area contributed by atoms with E-state index < -0.39 is 5.91 Å². The van der Waals surface area contributed by atoms with Gasteiger partial charge in [0.2, 0.25) is 0 Å². The summed E-state index contributed by atoms with van der Waals surface area (Å²) in [6.07, 6.45) is 0. The number of likely N-dealkylation sites (N-methyl/N-ethyl adjacent to an activating group) is 1. The number of hydrogen-bond donors (Lipinski definition) is 0. The fraction of sp³-hybridized carbons (Fsp3) is 0.333. The Hall–Kier alpha value is -1.37. The predicted octanol–water partition coefficient (Wildman–Crippen LogP) is 2.02. The third-order valence-electron chi connectivity index (χ3n) is 3.91. The van der Waals surface area contributed by atoms with Crippen LogP contribution in [0, 0.1) is 0 Å². The van der Waals surface area contributed by atoms with Crippen LogP contribution in [-0.4, -0.2) is 54.8 Å². The number of anilines is 1. The fourth-order valence-electron chi connectivity index (χ4n) is 2.62. The summed E-state index contributed by atoms with van der Waals surface area (Å²) >= 11 is 9.51. The lowest BCUT2D eigenvalue weighted by Crippen LogP contribution is -2.46. The molecule has 0 bridgehead atoms. The van der Waals surface area contributed by atoms with Crippen LogP contribution in [-0.2, 0) is 9.59 Å². The van der Waals surface area contributed by atoms with Gasteiger partial charge >= 0.3 is 0 Å². The molecule has 2 aliphatic rings. The smallest absolute Gasteiger partial charge is 0.283 e. The number of carbonyl (C=O) groups excluding carboxylic acids is 2. The summed E-state index contributed by atoms with van der Waals surface area (Å²) < 4.78 is 0.883. The van der Waals surface area contributed by atoms with Crippen molar-refractivity contribution in [2.24, 2.45) is 0 Å². The first kappa shape index (κ1) is 15.5. The quantitative estimate of drug-likeness (QED) is 0.732. The van der Waals surface area contributed by atoms with Gasteiger partial charge in [0, 0.05) is 30.7 Å². The summed E-state index contributed by atoms with van der Waals surface area (Å²) in [5, 5.41) is 0.0115. The Balaban J connectivity index is 1.88. The monoisotopic (exact) mass is 383 g/mol. The van der Waals surface area contributed by atoms with Crippen LogP contribution in [0.15, 0.2) is 39.5 Å². The number of hydrogen-bond acceptors (Lipinski definition) is 4. The van der Waals surface area contributed by atoms with Crippen LogP contribution in [0.3, 0.4) is 0 Å². The Morgan fingerprint density at radius 1 is 1.00 bits per heavy atom. The number of piperazine rings is 1. The summed E-state index contributed by atoms with van der Waals surface area (Å²) in [6, 6.07) is 7.02. The molecule has 0 saturated carbocycles. The predicted molar refractivity (Wildman–Crippen MR) is 88.6 cm³/mol. The van der Waals surface area contributed by atoms with Gasteiger partial charge in [-0.2, -0.15) is 0 Å². The first-order valence-corrected chi connectivity index (χ1v) is 8.14. The van der Waals surface area contributed by atoms with E-state index in [2.05, 4.69) is 20.8 Å². The molecule has 116 valence electrons. The van der Waals surface area contributed by atoms with Gasteiger partial charge in [-0.3, -0.25) is 9.59 Å². The average Bonchev–Trinajstić information content (AvgIpc) is 2.72. The van der Waals surface area contributed by atoms with Gasteiger partial charge in [-0.1, -0.05) is 27.5 Å². The molecule has 0 aromatic heterocycles. The van der Waals surface area contributed by atoms with Crippen molar-refractivity contribution in [2.75, 3.05) is 38.1 Å². The average molecular weight is 385 g/mol. The molecule has 1 saturated heterocycles. The van der Waals surface area contributed by atoms with E-state index in [0.717, 1.165) is 22.5 Å². The number of nitrogens with zero attached hydrogens (tertiary/aromatic N) is 3. The lowest BCUT2D eigenvalue weighted by atomic mass is 10.2. The number of carbonyl (C=O) groups is 2. The Morgan fingerprint density at radius 2 is 1.59 bits per heavy atom. The van der Waals surface area contributed by atoms with Crippen LogP contribution < -0.4 is 4.90 Å². The molecule has 1 fully saturated rings. The van der Waals surface area contributed by atoms with Crippen molar-refractivity contribution in [1.29, 1.82) is 0 Å². The molecule has 0 unspecified atom stereocenters. The molecule has 7 heteroatoms. The maximum atomic E-state index is 12.7. The second-order valence-electron chi connectivity index (χ2n) is 5.38. The molecule has 5 nitrogen and oxygen atoms in total. The van der Waals surface area contributed by atoms with Crippen molar-refractivity contribution in [3.8, 4) is 0 Å². The van der Waals surface area contributed by atoms with Gasteiger partial charge in [0.15, 0.2) is 0 Å². The van der Waals surface area contributed by atoms with Gasteiger partial charge in [-0.15, -0.1) is 0 Å². The van der Waals surface area contributed by atoms with Crippen molar-refractivity contribution in [3.05, 3.63) is 39.5 Å². The van der Waals surface area contributed by atoms with Crippen LogP contribution >= 0.6 is 27.5 Å². The van der Waals surface area contributed by atoms with E-state index in [-0.39, 0.29) is 10.9 Å². The van der Waals surface area contributed by atoms with Crippen LogP contribution in [0.2, 0.25) is 0 Å². The second kappa shape index (κ2) is 6.02. The maximum absolute atomic E-state index is 12.7. The number of amides is 2. The van der Waals surface area contributed by atoms with E-state index in [9.17, 15) is 9.59 Å². The minimum absolute atomic E-state index is 0.0115. The summed E-state index contributed by atoms with van der Waals surface area (Å²) in [5.41, 5.74) is 0.850. The maximum Gasteiger partial charge on any atom is 0.283 e. The number of benzene rings is 1. The first-order chi connectivity index (χ1) is 10.5. The molecule has 1 aromatic carbocycles. The Bertz CT molecular complexity index is 651. The van der Waals surface area contributed by atoms with E-state index >= 15 is 0 Å². The molecule has 22 heavy (non-hydrogen) atoms. The standard InChI is InChI=1S/C15H15BrClN3O2/c1-18-6-8-19(9-7-18)13-12(17)14(21)20(15(13)22)11-4-2-10(16)3-5-11/h2-5H,6-9H2,1H3. The molecule has 2 heterocycles. The zero-order chi connectivity index (χ0) is 15.9. The minimum atomic E-state index is -0.456. The molecule has 0 aliphatic carbocycles. The summed E-state index contributed by atoms with van der Waals surface area (Å²) in [6.45, 7) is 3.06. The molecule has 1 aromatic rings. The largest absolute Gasteiger partial charge is 0.363 e. The summed E-state index contributed by atoms with van der Waals surface area (Å²) in [4.78, 5) is 30.3. The van der Waals surface area contributed by atoms with E-state index in [1.54, 1.807) is 24.3 Å². The van der Waals surface area contributed by atoms with Gasteiger partial charge in [-0.25, -0.2) is 4.90 Å². The third-order valence-corrected chi connectivity index (χ3v) is 4.78. The molecule has 0 N–H and O–H groups in total. The molecular weight excluding hydrogens is 370 g/mol. The highest BCUT2D eigenvalue weighted by atomic mass is 79.9. The molecule has 2 aliphatic heterocycles. The van der Waals surface area contributed by atoms with Gasteiger partial charge < -0.3 is 9.80 Å². The van der Waals surface area contributed by atoms with Crippen molar-refractivity contribution >= 4 is 45.0 Å². The highest BCUT2D eigenvalue weighted by molar-refractivity contribution is 9.10. The van der Waals surface area contributed by atoms with Crippen molar-refractivity contribution in [3.63, 3.8) is 0 Å². The lowest BCUT2D eigenvalue weighted by Gasteiger charge is -2.34. The molecule has 2 amide bonds. The highest BCUT2D eigenvalue weighted by Gasteiger charge is 2.41. The summed E-state index contributed by atoms with van der Waals surface area (Å²) in [7, 11) is 2.03. The minimum Gasteiger partial charge on any atom is -0.363 e. The zero-order valence-corrected chi connectivity index (χ0v) is 14.4. The molecule has 0 atom stereocenters. The van der Waals surface area contributed by atoms with Crippen LogP contribution in [0.5, 0.6) is 0 Å². The second-order valence-corrected chi connectivity index (χ2v) is 6.67. The normalized spacial score (nSPS) is 20.3. The van der Waals surface area contributed by atoms with Gasteiger partial charge in [-0.05, 0) is 31.3 Å². The number of halogens is 2. The van der Waals surface area contributed by atoms with Crippen LogP contribution in [0.25, 0.3) is 0 Å². The van der Waals surface area contributed by atoms with E-state index in [4.69, 9.17) is 11.6 Å². The van der Waals surface area contributed by atoms with E-state index in [0.29, 0.717) is 24.5 Å². The Morgan fingerprint density at radius 3 is 2.18 bits per heavy atom. The summed E-state index contributed by atoms with van der Waals surface area (Å²) in [5.74, 6) is -0.801. The van der Waals surface area contributed by atoms with Gasteiger partial charge in [0.05, 0.1) is 5.69 Å². The van der Waals surface area contributed by atoms with Crippen molar-refractivity contribution in [1.82, 2.24) is 9.80 Å². The van der Waals surface area contributed by atoms with Crippen LogP contribution in [0.1, 0.15) is 0 Å². The lowest BCUT2D eigenvalue weighted by molar-refractivity contribution is -0.121. The van der Waals surface area contributed by atoms with E-state index in [1.165, 1.54) is 0 Å². The van der Waals surface area contributed by atoms with Gasteiger partial charge in [0.25, 0.3) is 11.8 Å². The highest BCUT2D eigenvalue weighted by Crippen LogP contribution is 2.32. The van der Waals surface area contributed by atoms with Gasteiger partial charge in [0.1, 0.15) is 10.7 Å². The van der Waals surface area contributed by atoms with Crippen molar-refractivity contribution < 1.29 is 9.59 Å². The SMILES string of the molecule is CN1CCN(C2=C(Cl)C(=O)N(c3ccc(Br)cc3)C2=O)CC1. The molecule has 0 spiro atoms. The topological polar surface area (TPSA) is 43.9 Å². The Labute approximate surface area is 142 Å². The molecule has 3 rings (SSSR count). The third kappa shape index (κ3) is 2.66. The number of imide groups is 1. The number of rotatable bonds is 2. The van der Waals surface area contributed by atoms with Crippen molar-refractivity contribution in [2.45, 2.75) is 0 Å². The zero-order valence-electron chi connectivity index (χ0n) is 12.1. The fourth-order valence-corrected chi connectivity index (χ4v) is 3.17. The van der Waals surface area contributed by atoms with Crippen LogP contribution in [0.4, 0.5) is 5.69 Å². The molecular formula is C15H15BrClN3O2. The Kier molecular flexibility index (Phi) is 4.25.